The molecule has 0 bridgehead atoms. The molecule has 18 heavy (non-hydrogen) atoms. The quantitative estimate of drug-likeness (QED) is 0.798. The second kappa shape index (κ2) is 6.73. The Balaban J connectivity index is 2.75. The molecule has 2 N–H and O–H groups in total. The average Bonchev–Trinajstić information content (AvgIpc) is 2.39. The van der Waals surface area contributed by atoms with E-state index in [1.54, 1.807) is 14.2 Å². The van der Waals surface area contributed by atoms with Crippen LogP contribution >= 0.6 is 0 Å². The molecule has 1 aromatic rings. The summed E-state index contributed by atoms with van der Waals surface area (Å²) < 4.78 is 10.5. The lowest BCUT2D eigenvalue weighted by Crippen LogP contribution is -2.52. The summed E-state index contributed by atoms with van der Waals surface area (Å²) in [5.41, 5.74) is 6.90. The highest BCUT2D eigenvalue weighted by molar-refractivity contribution is 5.28. The molecule has 1 atom stereocenters. The van der Waals surface area contributed by atoms with Gasteiger partial charge < -0.3 is 15.2 Å². The van der Waals surface area contributed by atoms with E-state index in [-0.39, 0.29) is 5.54 Å². The molecule has 1 aromatic carbocycles. The van der Waals surface area contributed by atoms with Crippen molar-refractivity contribution in [2.24, 2.45) is 5.73 Å². The summed E-state index contributed by atoms with van der Waals surface area (Å²) in [6.45, 7) is 4.09. The van der Waals surface area contributed by atoms with Crippen molar-refractivity contribution >= 4 is 0 Å². The first-order chi connectivity index (χ1) is 8.55. The highest BCUT2D eigenvalue weighted by Gasteiger charge is 2.27. The molecule has 0 fully saturated rings. The largest absolute Gasteiger partial charge is 0.497 e. The maximum absolute atomic E-state index is 5.86. The van der Waals surface area contributed by atoms with Gasteiger partial charge in [-0.3, -0.25) is 4.90 Å². The zero-order chi connectivity index (χ0) is 13.6. The van der Waals surface area contributed by atoms with E-state index >= 15 is 0 Å². The van der Waals surface area contributed by atoms with Gasteiger partial charge in [-0.15, -0.1) is 0 Å². The van der Waals surface area contributed by atoms with E-state index in [4.69, 9.17) is 15.2 Å². The predicted octanol–water partition coefficient (Wildman–Crippen LogP) is 1.49. The minimum absolute atomic E-state index is 0.155. The maximum Gasteiger partial charge on any atom is 0.119 e. The maximum atomic E-state index is 5.86. The Labute approximate surface area is 110 Å². The van der Waals surface area contributed by atoms with Crippen LogP contribution in [0.3, 0.4) is 0 Å². The Morgan fingerprint density at radius 2 is 2.06 bits per heavy atom. The monoisotopic (exact) mass is 252 g/mol. The first-order valence-corrected chi connectivity index (χ1v) is 6.09. The first kappa shape index (κ1) is 15.0. The summed E-state index contributed by atoms with van der Waals surface area (Å²) >= 11 is 0. The van der Waals surface area contributed by atoms with E-state index in [9.17, 15) is 0 Å². The highest BCUT2D eigenvalue weighted by atomic mass is 16.5. The van der Waals surface area contributed by atoms with Crippen molar-refractivity contribution < 1.29 is 9.47 Å². The summed E-state index contributed by atoms with van der Waals surface area (Å²) in [5, 5.41) is 0. The van der Waals surface area contributed by atoms with Gasteiger partial charge in [0, 0.05) is 20.2 Å². The van der Waals surface area contributed by atoms with Crippen molar-refractivity contribution in [2.75, 3.05) is 34.4 Å². The molecule has 4 heteroatoms. The van der Waals surface area contributed by atoms with Gasteiger partial charge in [-0.25, -0.2) is 0 Å². The molecule has 0 amide bonds. The Hall–Kier alpha value is -1.10. The molecule has 0 aliphatic heterocycles. The van der Waals surface area contributed by atoms with Crippen LogP contribution in [0.5, 0.6) is 5.75 Å². The Morgan fingerprint density at radius 3 is 2.61 bits per heavy atom. The van der Waals surface area contributed by atoms with E-state index in [0.29, 0.717) is 13.2 Å². The number of methoxy groups -OCH3 is 2. The van der Waals surface area contributed by atoms with Crippen LogP contribution in [0.4, 0.5) is 0 Å². The van der Waals surface area contributed by atoms with Gasteiger partial charge >= 0.3 is 0 Å². The normalized spacial score (nSPS) is 14.6. The van der Waals surface area contributed by atoms with Crippen LogP contribution in [0.2, 0.25) is 0 Å². The summed E-state index contributed by atoms with van der Waals surface area (Å²) in [6.07, 6.45) is 0. The number of likely N-dealkylation sites (N-methyl/N-ethyl adjacent to an activating group) is 1. The van der Waals surface area contributed by atoms with Crippen molar-refractivity contribution in [2.45, 2.75) is 19.0 Å². The zero-order valence-corrected chi connectivity index (χ0v) is 11.8. The van der Waals surface area contributed by atoms with Crippen molar-refractivity contribution in [3.05, 3.63) is 29.8 Å². The lowest BCUT2D eigenvalue weighted by molar-refractivity contribution is 0.0390. The fourth-order valence-corrected chi connectivity index (χ4v) is 1.87. The topological polar surface area (TPSA) is 47.7 Å². The molecule has 0 spiro atoms. The van der Waals surface area contributed by atoms with Gasteiger partial charge in [0.2, 0.25) is 0 Å². The Bertz CT molecular complexity index is 371. The second-order valence-electron chi connectivity index (χ2n) is 4.84. The van der Waals surface area contributed by atoms with E-state index in [1.165, 1.54) is 5.56 Å². The molecule has 0 aliphatic carbocycles. The smallest absolute Gasteiger partial charge is 0.119 e. The number of nitrogens with zero attached hydrogens (tertiary/aromatic N) is 1. The van der Waals surface area contributed by atoms with E-state index in [0.717, 1.165) is 12.3 Å². The summed E-state index contributed by atoms with van der Waals surface area (Å²) in [4.78, 5) is 2.21. The molecule has 0 aliphatic rings. The molecule has 0 heterocycles. The van der Waals surface area contributed by atoms with Crippen LogP contribution in [-0.2, 0) is 11.3 Å². The van der Waals surface area contributed by atoms with Crippen molar-refractivity contribution in [3.63, 3.8) is 0 Å². The van der Waals surface area contributed by atoms with Gasteiger partial charge in [-0.1, -0.05) is 12.1 Å². The van der Waals surface area contributed by atoms with Crippen LogP contribution in [-0.4, -0.2) is 44.9 Å². The molecule has 102 valence electrons. The fourth-order valence-electron chi connectivity index (χ4n) is 1.87. The standard InChI is InChI=1S/C14H24N2O2/c1-14(10-15,11-17-3)16(2)9-12-6-5-7-13(8-12)18-4/h5-8H,9-11,15H2,1-4H3. The molecule has 1 rings (SSSR count). The Morgan fingerprint density at radius 1 is 1.33 bits per heavy atom. The molecular weight excluding hydrogens is 228 g/mol. The highest BCUT2D eigenvalue weighted by Crippen LogP contribution is 2.18. The second-order valence-corrected chi connectivity index (χ2v) is 4.84. The predicted molar refractivity (Wildman–Crippen MR) is 73.8 cm³/mol. The van der Waals surface area contributed by atoms with Crippen LogP contribution in [0.15, 0.2) is 24.3 Å². The van der Waals surface area contributed by atoms with E-state index < -0.39 is 0 Å². The Kier molecular flexibility index (Phi) is 5.59. The molecule has 0 saturated heterocycles. The summed E-state index contributed by atoms with van der Waals surface area (Å²) in [6, 6.07) is 8.07. The number of nitrogens with two attached hydrogens (primary N) is 1. The third-order valence-electron chi connectivity index (χ3n) is 3.37. The minimum Gasteiger partial charge on any atom is -0.497 e. The molecule has 0 radical (unpaired) electrons. The van der Waals surface area contributed by atoms with Crippen LogP contribution in [0, 0.1) is 0 Å². The minimum atomic E-state index is -0.155. The third-order valence-corrected chi connectivity index (χ3v) is 3.37. The van der Waals surface area contributed by atoms with Gasteiger partial charge in [0.25, 0.3) is 0 Å². The first-order valence-electron chi connectivity index (χ1n) is 6.09. The van der Waals surface area contributed by atoms with Crippen molar-refractivity contribution in [3.8, 4) is 5.75 Å². The van der Waals surface area contributed by atoms with Gasteiger partial charge in [0.15, 0.2) is 0 Å². The van der Waals surface area contributed by atoms with Gasteiger partial charge in [0.1, 0.15) is 5.75 Å². The number of rotatable bonds is 7. The molecule has 0 saturated carbocycles. The molecule has 0 aromatic heterocycles. The number of hydrogen-bond donors (Lipinski definition) is 1. The zero-order valence-electron chi connectivity index (χ0n) is 11.8. The number of benzene rings is 1. The SMILES string of the molecule is COCC(C)(CN)N(C)Cc1cccc(OC)c1. The van der Waals surface area contributed by atoms with Gasteiger partial charge in [-0.05, 0) is 31.7 Å². The molecule has 1 unspecified atom stereocenters. The lowest BCUT2D eigenvalue weighted by Gasteiger charge is -2.37. The van der Waals surface area contributed by atoms with Crippen molar-refractivity contribution in [1.29, 1.82) is 0 Å². The summed E-state index contributed by atoms with van der Waals surface area (Å²) in [5.74, 6) is 0.877. The van der Waals surface area contributed by atoms with Crippen LogP contribution in [0.25, 0.3) is 0 Å². The molecular formula is C14H24N2O2. The van der Waals surface area contributed by atoms with Crippen molar-refractivity contribution in [1.82, 2.24) is 4.90 Å². The number of ether oxygens (including phenoxy) is 2. The van der Waals surface area contributed by atoms with Crippen LogP contribution in [0.1, 0.15) is 12.5 Å². The average molecular weight is 252 g/mol. The van der Waals surface area contributed by atoms with Crippen LogP contribution < -0.4 is 10.5 Å². The fraction of sp³-hybridized carbons (Fsp3) is 0.571. The lowest BCUT2D eigenvalue weighted by atomic mass is 10.0. The molecule has 4 nitrogen and oxygen atoms in total. The van der Waals surface area contributed by atoms with E-state index in [1.807, 2.05) is 18.2 Å². The third kappa shape index (κ3) is 3.70. The summed E-state index contributed by atoms with van der Waals surface area (Å²) in [7, 11) is 5.44. The number of hydrogen-bond acceptors (Lipinski definition) is 4. The van der Waals surface area contributed by atoms with E-state index in [2.05, 4.69) is 24.9 Å². The van der Waals surface area contributed by atoms with Gasteiger partial charge in [-0.2, -0.15) is 0 Å². The van der Waals surface area contributed by atoms with Gasteiger partial charge in [0.05, 0.1) is 19.3 Å².